The van der Waals surface area contributed by atoms with Gasteiger partial charge in [0.25, 0.3) is 0 Å². The van der Waals surface area contributed by atoms with Crippen molar-refractivity contribution < 1.29 is 14.4 Å². The van der Waals surface area contributed by atoms with Crippen LogP contribution in [-0.4, -0.2) is 6.29 Å². The molecule has 0 aliphatic heterocycles. The van der Waals surface area contributed by atoms with Crippen LogP contribution in [0.4, 0.5) is 0 Å². The predicted molar refractivity (Wildman–Crippen MR) is 36.6 cm³/mol. The van der Waals surface area contributed by atoms with Crippen LogP contribution < -0.4 is 0 Å². The summed E-state index contributed by atoms with van der Waals surface area (Å²) in [7, 11) is 0. The van der Waals surface area contributed by atoms with Gasteiger partial charge in [0.1, 0.15) is 6.29 Å². The van der Waals surface area contributed by atoms with Gasteiger partial charge in [0.15, 0.2) is 0 Å². The average Bonchev–Trinajstić information content (AvgIpc) is 2.14. The van der Waals surface area contributed by atoms with Gasteiger partial charge in [-0.1, -0.05) is 29.7 Å². The highest BCUT2D eigenvalue weighted by Crippen LogP contribution is 1.98. The van der Waals surface area contributed by atoms with Crippen molar-refractivity contribution in [2.75, 3.05) is 0 Å². The van der Waals surface area contributed by atoms with E-state index in [9.17, 15) is 4.79 Å². The molecule has 0 aliphatic carbocycles. The zero-order chi connectivity index (χ0) is 12.7. The summed E-state index contributed by atoms with van der Waals surface area (Å²) in [6, 6.07) is -2.63. The molecule has 0 saturated carbocycles. The van der Waals surface area contributed by atoms with Gasteiger partial charge in [-0.3, -0.25) is 4.79 Å². The van der Waals surface area contributed by atoms with Crippen LogP contribution in [-0.2, 0) is 0 Å². The Morgan fingerprint density at radius 3 is 2.67 bits per heavy atom. The maximum absolute atomic E-state index is 10.6. The van der Waals surface area contributed by atoms with Gasteiger partial charge in [-0.05, 0) is 6.85 Å². The topological polar surface area (TPSA) is 17.1 Å². The Bertz CT molecular complexity index is 420. The Morgan fingerprint density at radius 1 is 1.56 bits per heavy atom. The third kappa shape index (κ3) is 1.39. The fourth-order valence-corrected chi connectivity index (χ4v) is 0.381. The molecular formula is C8H8O. The molecule has 1 rings (SSSR count). The average molecular weight is 127 g/mol. The smallest absolute Gasteiger partial charge is 0.150 e. The molecule has 0 atom stereocenters. The molecule has 0 spiro atoms. The van der Waals surface area contributed by atoms with Gasteiger partial charge in [0, 0.05) is 9.68 Å². The summed E-state index contributed by atoms with van der Waals surface area (Å²) in [5, 5.41) is 0. The molecule has 0 heterocycles. The first-order valence-electron chi connectivity index (χ1n) is 5.77. The summed E-state index contributed by atoms with van der Waals surface area (Å²) in [5.74, 6) is 0. The monoisotopic (exact) mass is 127 g/mol. The van der Waals surface area contributed by atoms with Crippen molar-refractivity contribution in [1.29, 1.82) is 0 Å². The first-order valence-corrected chi connectivity index (χ1v) is 2.27. The Hall–Kier alpha value is -1.11. The quantitative estimate of drug-likeness (QED) is 0.526. The lowest BCUT2D eigenvalue weighted by molar-refractivity contribution is 0.112. The fraction of sp³-hybridized carbons (Fsp3) is 0.125. The number of carbonyl (C=O) groups excluding carboxylic acids is 1. The van der Waals surface area contributed by atoms with Gasteiger partial charge >= 0.3 is 0 Å². The molecule has 46 valence electrons. The molecule has 0 bridgehead atoms. The summed E-state index contributed by atoms with van der Waals surface area (Å²) in [6.07, 6.45) is 0.185. The van der Waals surface area contributed by atoms with Crippen LogP contribution >= 0.6 is 0 Å². The molecule has 0 unspecified atom stereocenters. The van der Waals surface area contributed by atoms with Crippen molar-refractivity contribution in [2.45, 2.75) is 6.85 Å². The Balaban J connectivity index is 3.74. The molecule has 9 heavy (non-hydrogen) atoms. The molecule has 0 saturated heterocycles. The van der Waals surface area contributed by atoms with Crippen LogP contribution in [0, 0.1) is 6.85 Å². The van der Waals surface area contributed by atoms with E-state index in [1.165, 1.54) is 0 Å². The van der Waals surface area contributed by atoms with E-state index in [1.807, 2.05) is 0 Å². The molecule has 0 radical (unpaired) electrons. The summed E-state index contributed by atoms with van der Waals surface area (Å²) < 4.78 is 51.0. The van der Waals surface area contributed by atoms with Crippen LogP contribution in [0.15, 0.2) is 24.2 Å². The van der Waals surface area contributed by atoms with E-state index < -0.39 is 42.1 Å². The van der Waals surface area contributed by atoms with Crippen molar-refractivity contribution in [1.82, 2.24) is 0 Å². The maximum Gasteiger partial charge on any atom is 0.150 e. The van der Waals surface area contributed by atoms with Crippen molar-refractivity contribution in [3.05, 3.63) is 35.3 Å². The number of hydrogen-bond acceptors (Lipinski definition) is 1. The molecule has 0 N–H and O–H groups in total. The number of aldehydes is 1. The maximum atomic E-state index is 10.6. The SMILES string of the molecule is [2H]c1c([2H])c(C([2H])([2H])[2H])c([2H])c([2H])c1C=O. The molecule has 1 aromatic carbocycles. The largest absolute Gasteiger partial charge is 0.298 e. The van der Waals surface area contributed by atoms with E-state index in [2.05, 4.69) is 0 Å². The third-order valence-electron chi connectivity index (χ3n) is 0.762. The molecule has 0 aliphatic rings. The number of rotatable bonds is 1. The Labute approximate surface area is 64.2 Å². The minimum atomic E-state index is -2.73. The number of hydrogen-bond donors (Lipinski definition) is 0. The summed E-state index contributed by atoms with van der Waals surface area (Å²) >= 11 is 0. The Morgan fingerprint density at radius 2 is 2.22 bits per heavy atom. The zero-order valence-electron chi connectivity index (χ0n) is 11.5. The standard InChI is InChI=1S/C8H8O/c1-7-2-4-8(6-9)5-3-7/h2-6H,1H3/i1D3,2D,3D,4D,5D. The molecule has 1 aromatic rings. The van der Waals surface area contributed by atoms with E-state index in [4.69, 9.17) is 9.60 Å². The molecule has 0 fully saturated rings. The summed E-state index contributed by atoms with van der Waals surface area (Å²) in [4.78, 5) is 10.6. The van der Waals surface area contributed by atoms with E-state index in [-0.39, 0.29) is 6.29 Å². The van der Waals surface area contributed by atoms with Crippen molar-refractivity contribution in [2.24, 2.45) is 0 Å². The number of benzene rings is 1. The van der Waals surface area contributed by atoms with E-state index in [0.717, 1.165) is 0 Å². The second kappa shape index (κ2) is 2.44. The highest BCUT2D eigenvalue weighted by atomic mass is 16.1. The minimum Gasteiger partial charge on any atom is -0.298 e. The van der Waals surface area contributed by atoms with Gasteiger partial charge < -0.3 is 0 Å². The van der Waals surface area contributed by atoms with Crippen LogP contribution in [0.3, 0.4) is 0 Å². The second-order valence-electron chi connectivity index (χ2n) is 1.41. The lowest BCUT2D eigenvalue weighted by atomic mass is 10.2. The lowest BCUT2D eigenvalue weighted by Gasteiger charge is -1.89. The van der Waals surface area contributed by atoms with Crippen molar-refractivity contribution in [3.63, 3.8) is 0 Å². The van der Waals surface area contributed by atoms with Crippen LogP contribution in [0.2, 0.25) is 0 Å². The van der Waals surface area contributed by atoms with Gasteiger partial charge in [-0.25, -0.2) is 0 Å². The molecule has 1 heteroatoms. The normalized spacial score (nSPS) is 21.6. The second-order valence-corrected chi connectivity index (χ2v) is 1.41. The number of carbonyl (C=O) groups is 1. The molecular weight excluding hydrogens is 112 g/mol. The molecule has 0 amide bonds. The first kappa shape index (κ1) is 1.69. The highest BCUT2D eigenvalue weighted by molar-refractivity contribution is 5.74. The van der Waals surface area contributed by atoms with E-state index >= 15 is 0 Å². The minimum absolute atomic E-state index is 0.185. The summed E-state index contributed by atoms with van der Waals surface area (Å²) in [5.41, 5.74) is -1.09. The summed E-state index contributed by atoms with van der Waals surface area (Å²) in [6.45, 7) is -2.73. The third-order valence-corrected chi connectivity index (χ3v) is 0.762. The van der Waals surface area contributed by atoms with Gasteiger partial charge in [0.2, 0.25) is 0 Å². The van der Waals surface area contributed by atoms with Crippen LogP contribution in [0.5, 0.6) is 0 Å². The zero-order valence-corrected chi connectivity index (χ0v) is 4.49. The van der Waals surface area contributed by atoms with Gasteiger partial charge in [-0.2, -0.15) is 0 Å². The lowest BCUT2D eigenvalue weighted by Crippen LogP contribution is -1.77. The van der Waals surface area contributed by atoms with Crippen LogP contribution in [0.25, 0.3) is 0 Å². The first-order chi connectivity index (χ1) is 7.21. The van der Waals surface area contributed by atoms with E-state index in [0.29, 0.717) is 0 Å². The van der Waals surface area contributed by atoms with Gasteiger partial charge in [-0.15, -0.1) is 0 Å². The molecule has 0 aromatic heterocycles. The van der Waals surface area contributed by atoms with Crippen molar-refractivity contribution >= 4 is 6.29 Å². The van der Waals surface area contributed by atoms with Gasteiger partial charge in [0.05, 0.1) is 5.48 Å². The van der Waals surface area contributed by atoms with Crippen LogP contribution in [0.1, 0.15) is 25.5 Å². The molecule has 1 nitrogen and oxygen atoms in total. The Kier molecular flexibility index (Phi) is 0.459. The highest BCUT2D eigenvalue weighted by Gasteiger charge is 1.85. The fourth-order valence-electron chi connectivity index (χ4n) is 0.381. The van der Waals surface area contributed by atoms with E-state index in [1.54, 1.807) is 0 Å². The predicted octanol–water partition coefficient (Wildman–Crippen LogP) is 1.81. The van der Waals surface area contributed by atoms with Crippen molar-refractivity contribution in [3.8, 4) is 0 Å².